The molecule has 1 saturated heterocycles. The maximum atomic E-state index is 12.5. The maximum absolute atomic E-state index is 12.5. The summed E-state index contributed by atoms with van der Waals surface area (Å²) < 4.78 is 2.14. The van der Waals surface area contributed by atoms with Crippen LogP contribution >= 0.6 is 11.3 Å². The van der Waals surface area contributed by atoms with Gasteiger partial charge in [-0.2, -0.15) is 0 Å². The van der Waals surface area contributed by atoms with Crippen molar-refractivity contribution in [3.05, 3.63) is 47.1 Å². The molecule has 1 aliphatic rings. The Morgan fingerprint density at radius 2 is 2.15 bits per heavy atom. The zero-order valence-corrected chi connectivity index (χ0v) is 16.5. The topological polar surface area (TPSA) is 75.7 Å². The van der Waals surface area contributed by atoms with Gasteiger partial charge in [-0.3, -0.25) is 14.1 Å². The highest BCUT2D eigenvalue weighted by Gasteiger charge is 2.36. The Hall–Kier alpha value is -2.22. The van der Waals surface area contributed by atoms with Gasteiger partial charge in [0.25, 0.3) is 0 Å². The Morgan fingerprint density at radius 1 is 1.37 bits per heavy atom. The number of fused-ring (bicyclic) bond motifs is 1. The van der Waals surface area contributed by atoms with Gasteiger partial charge in [-0.1, -0.05) is 29.8 Å². The van der Waals surface area contributed by atoms with E-state index in [0.29, 0.717) is 26.1 Å². The van der Waals surface area contributed by atoms with Gasteiger partial charge >= 0.3 is 0 Å². The van der Waals surface area contributed by atoms with Gasteiger partial charge in [0.05, 0.1) is 17.4 Å². The van der Waals surface area contributed by atoms with Crippen LogP contribution in [0.3, 0.4) is 0 Å². The van der Waals surface area contributed by atoms with Crippen LogP contribution in [0.1, 0.15) is 24.6 Å². The molecule has 0 radical (unpaired) electrons. The van der Waals surface area contributed by atoms with Crippen molar-refractivity contribution in [2.75, 3.05) is 13.1 Å². The highest BCUT2D eigenvalue weighted by atomic mass is 32.1. The van der Waals surface area contributed by atoms with E-state index in [1.54, 1.807) is 11.3 Å². The van der Waals surface area contributed by atoms with E-state index in [2.05, 4.69) is 52.0 Å². The van der Waals surface area contributed by atoms with Gasteiger partial charge in [-0.15, -0.1) is 11.3 Å². The Morgan fingerprint density at radius 3 is 2.89 bits per heavy atom. The molecule has 0 spiro atoms. The number of hydrogen-bond donors (Lipinski definition) is 2. The third kappa shape index (κ3) is 3.50. The SMILES string of the molecule is CCNC(=O)[C@@H]1C[C@H](N)CN1Cc1c(-c2ccc(C)cc2)nc2sccn12. The summed E-state index contributed by atoms with van der Waals surface area (Å²) in [5.74, 6) is 0.0633. The van der Waals surface area contributed by atoms with Crippen LogP contribution in [0.5, 0.6) is 0 Å². The van der Waals surface area contributed by atoms with E-state index < -0.39 is 0 Å². The Bertz CT molecular complexity index is 945. The number of aryl methyl sites for hydroxylation is 1. The minimum atomic E-state index is -0.185. The molecule has 0 aliphatic carbocycles. The van der Waals surface area contributed by atoms with E-state index in [4.69, 9.17) is 10.7 Å². The fourth-order valence-electron chi connectivity index (χ4n) is 3.80. The number of thiazole rings is 1. The Kier molecular flexibility index (Phi) is 4.99. The Labute approximate surface area is 163 Å². The van der Waals surface area contributed by atoms with E-state index >= 15 is 0 Å². The van der Waals surface area contributed by atoms with Crippen molar-refractivity contribution < 1.29 is 4.79 Å². The molecule has 3 N–H and O–H groups in total. The largest absolute Gasteiger partial charge is 0.355 e. The number of aromatic nitrogens is 2. The highest BCUT2D eigenvalue weighted by Crippen LogP contribution is 2.30. The van der Waals surface area contributed by atoms with Gasteiger partial charge in [-0.25, -0.2) is 4.98 Å². The van der Waals surface area contributed by atoms with Crippen LogP contribution < -0.4 is 11.1 Å². The standard InChI is InChI=1S/C20H25N5OS/c1-3-22-19(26)16-10-15(21)11-24(16)12-17-18(14-6-4-13(2)5-7-14)23-20-25(17)8-9-27-20/h4-9,15-16H,3,10-12,21H2,1-2H3,(H,22,26)/t15-,16-/m0/s1. The summed E-state index contributed by atoms with van der Waals surface area (Å²) >= 11 is 1.62. The van der Waals surface area contributed by atoms with Gasteiger partial charge in [0.1, 0.15) is 0 Å². The summed E-state index contributed by atoms with van der Waals surface area (Å²) in [5.41, 5.74) is 10.6. The number of nitrogens with zero attached hydrogens (tertiary/aromatic N) is 3. The lowest BCUT2D eigenvalue weighted by Crippen LogP contribution is -2.43. The second-order valence-corrected chi connectivity index (χ2v) is 8.04. The molecule has 3 heterocycles. The third-order valence-corrected chi connectivity index (χ3v) is 5.88. The van der Waals surface area contributed by atoms with Crippen LogP contribution in [0.25, 0.3) is 16.2 Å². The summed E-state index contributed by atoms with van der Waals surface area (Å²) in [6, 6.07) is 8.28. The average molecular weight is 384 g/mol. The number of imidazole rings is 1. The molecule has 2 atom stereocenters. The maximum Gasteiger partial charge on any atom is 0.237 e. The van der Waals surface area contributed by atoms with Crippen LogP contribution in [0, 0.1) is 6.92 Å². The molecular weight excluding hydrogens is 358 g/mol. The van der Waals surface area contributed by atoms with Crippen LogP contribution in [0.4, 0.5) is 0 Å². The minimum Gasteiger partial charge on any atom is -0.355 e. The monoisotopic (exact) mass is 383 g/mol. The molecule has 3 aromatic rings. The first-order valence-corrected chi connectivity index (χ1v) is 10.2. The van der Waals surface area contributed by atoms with Crippen molar-refractivity contribution in [1.29, 1.82) is 0 Å². The number of nitrogens with two attached hydrogens (primary N) is 1. The lowest BCUT2D eigenvalue weighted by molar-refractivity contribution is -0.125. The van der Waals surface area contributed by atoms with Gasteiger partial charge in [0.2, 0.25) is 5.91 Å². The van der Waals surface area contributed by atoms with Gasteiger partial charge in [-0.05, 0) is 20.3 Å². The van der Waals surface area contributed by atoms with Crippen LogP contribution in [0.2, 0.25) is 0 Å². The average Bonchev–Trinajstić information content (AvgIpc) is 3.32. The van der Waals surface area contributed by atoms with Crippen molar-refractivity contribution in [1.82, 2.24) is 19.6 Å². The number of amides is 1. The van der Waals surface area contributed by atoms with E-state index in [1.807, 2.05) is 12.3 Å². The number of rotatable bonds is 5. The zero-order chi connectivity index (χ0) is 19.0. The number of carbonyl (C=O) groups excluding carboxylic acids is 1. The number of likely N-dealkylation sites (tertiary alicyclic amines) is 1. The summed E-state index contributed by atoms with van der Waals surface area (Å²) in [4.78, 5) is 20.5. The summed E-state index contributed by atoms with van der Waals surface area (Å²) in [5, 5.41) is 4.99. The van der Waals surface area contributed by atoms with Crippen LogP contribution in [0.15, 0.2) is 35.8 Å². The van der Waals surface area contributed by atoms with Gasteiger partial charge < -0.3 is 11.1 Å². The summed E-state index contributed by atoms with van der Waals surface area (Å²) in [6.45, 7) is 6.02. The first-order valence-electron chi connectivity index (χ1n) is 9.35. The third-order valence-electron chi connectivity index (χ3n) is 5.13. The van der Waals surface area contributed by atoms with Crippen molar-refractivity contribution in [3.8, 4) is 11.3 Å². The number of carbonyl (C=O) groups is 1. The van der Waals surface area contributed by atoms with Gasteiger partial charge in [0, 0.05) is 42.8 Å². The van der Waals surface area contributed by atoms with E-state index in [0.717, 1.165) is 21.9 Å². The smallest absolute Gasteiger partial charge is 0.237 e. The fourth-order valence-corrected chi connectivity index (χ4v) is 4.53. The highest BCUT2D eigenvalue weighted by molar-refractivity contribution is 7.15. The van der Waals surface area contributed by atoms with Crippen LogP contribution in [-0.4, -0.2) is 45.4 Å². The minimum absolute atomic E-state index is 0.0197. The molecule has 6 nitrogen and oxygen atoms in total. The van der Waals surface area contributed by atoms with Gasteiger partial charge in [0.15, 0.2) is 4.96 Å². The normalized spacial score (nSPS) is 20.4. The molecule has 2 aromatic heterocycles. The Balaban J connectivity index is 1.70. The molecule has 7 heteroatoms. The summed E-state index contributed by atoms with van der Waals surface area (Å²) in [7, 11) is 0. The quantitative estimate of drug-likeness (QED) is 0.709. The summed E-state index contributed by atoms with van der Waals surface area (Å²) in [6.07, 6.45) is 2.74. The lowest BCUT2D eigenvalue weighted by atomic mass is 10.1. The molecule has 27 heavy (non-hydrogen) atoms. The predicted octanol–water partition coefficient (Wildman–Crippen LogP) is 2.41. The molecular formula is C20H25N5OS. The second-order valence-electron chi connectivity index (χ2n) is 7.16. The molecule has 0 bridgehead atoms. The van der Waals surface area contributed by atoms with E-state index in [1.165, 1.54) is 5.56 Å². The van der Waals surface area contributed by atoms with E-state index in [9.17, 15) is 4.79 Å². The fraction of sp³-hybridized carbons (Fsp3) is 0.400. The van der Waals surface area contributed by atoms with Crippen LogP contribution in [-0.2, 0) is 11.3 Å². The molecule has 1 aliphatic heterocycles. The molecule has 1 fully saturated rings. The first kappa shape index (κ1) is 18.2. The van der Waals surface area contributed by atoms with Crippen molar-refractivity contribution in [3.63, 3.8) is 0 Å². The molecule has 0 saturated carbocycles. The predicted molar refractivity (Wildman–Crippen MR) is 109 cm³/mol. The lowest BCUT2D eigenvalue weighted by Gasteiger charge is -2.23. The van der Waals surface area contributed by atoms with Crippen molar-refractivity contribution in [2.45, 2.75) is 38.9 Å². The molecule has 142 valence electrons. The van der Waals surface area contributed by atoms with Crippen molar-refractivity contribution >= 4 is 22.2 Å². The number of nitrogens with one attached hydrogen (secondary N) is 1. The van der Waals surface area contributed by atoms with E-state index in [-0.39, 0.29) is 18.0 Å². The molecule has 1 aromatic carbocycles. The van der Waals surface area contributed by atoms with Crippen molar-refractivity contribution in [2.24, 2.45) is 5.73 Å². The first-order chi connectivity index (χ1) is 13.1. The molecule has 1 amide bonds. The second kappa shape index (κ2) is 7.42. The number of likely N-dealkylation sites (N-methyl/N-ethyl adjacent to an activating group) is 1. The number of benzene rings is 1. The zero-order valence-electron chi connectivity index (χ0n) is 15.7. The number of hydrogen-bond acceptors (Lipinski definition) is 5. The molecule has 4 rings (SSSR count). The molecule has 0 unspecified atom stereocenters.